The lowest BCUT2D eigenvalue weighted by Gasteiger charge is -2.08. The lowest BCUT2D eigenvalue weighted by atomic mass is 10.1. The Bertz CT molecular complexity index is 927. The van der Waals surface area contributed by atoms with Crippen LogP contribution in [0, 0.1) is 6.92 Å². The molecular formula is C18H14N4. The predicted octanol–water partition coefficient (Wildman–Crippen LogP) is 3.77. The summed E-state index contributed by atoms with van der Waals surface area (Å²) in [5.74, 6) is 0. The van der Waals surface area contributed by atoms with E-state index in [2.05, 4.69) is 28.3 Å². The molecule has 0 aliphatic carbocycles. The summed E-state index contributed by atoms with van der Waals surface area (Å²) in [4.78, 5) is 8.83. The van der Waals surface area contributed by atoms with Crippen LogP contribution in [0.25, 0.3) is 28.2 Å². The van der Waals surface area contributed by atoms with Crippen molar-refractivity contribution >= 4 is 5.65 Å². The van der Waals surface area contributed by atoms with Crippen molar-refractivity contribution in [2.24, 2.45) is 0 Å². The highest BCUT2D eigenvalue weighted by Crippen LogP contribution is 2.26. The fraction of sp³-hybridized carbons (Fsp3) is 0.0556. The van der Waals surface area contributed by atoms with E-state index < -0.39 is 0 Å². The minimum atomic E-state index is 0.852. The molecule has 3 heterocycles. The van der Waals surface area contributed by atoms with Gasteiger partial charge in [-0.15, -0.1) is 0 Å². The maximum atomic E-state index is 4.74. The van der Waals surface area contributed by atoms with Crippen molar-refractivity contribution in [1.29, 1.82) is 0 Å². The Morgan fingerprint density at radius 2 is 1.64 bits per heavy atom. The summed E-state index contributed by atoms with van der Waals surface area (Å²) in [5.41, 5.74) is 5.93. The maximum Gasteiger partial charge on any atom is 0.156 e. The highest BCUT2D eigenvalue weighted by molar-refractivity contribution is 5.71. The largest absolute Gasteiger partial charge is 0.265 e. The Balaban J connectivity index is 2.02. The van der Waals surface area contributed by atoms with Gasteiger partial charge in [0, 0.05) is 29.6 Å². The normalized spacial score (nSPS) is 11.0. The Morgan fingerprint density at radius 1 is 0.864 bits per heavy atom. The van der Waals surface area contributed by atoms with Gasteiger partial charge in [-0.05, 0) is 25.1 Å². The second kappa shape index (κ2) is 5.07. The minimum Gasteiger partial charge on any atom is -0.265 e. The quantitative estimate of drug-likeness (QED) is 0.563. The number of rotatable bonds is 2. The van der Waals surface area contributed by atoms with Crippen molar-refractivity contribution < 1.29 is 0 Å². The molecule has 0 amide bonds. The van der Waals surface area contributed by atoms with Crippen LogP contribution < -0.4 is 0 Å². The Morgan fingerprint density at radius 3 is 2.41 bits per heavy atom. The van der Waals surface area contributed by atoms with Crippen LogP contribution in [0.1, 0.15) is 5.69 Å². The number of nitrogens with zero attached hydrogens (tertiary/aromatic N) is 4. The third-order valence-corrected chi connectivity index (χ3v) is 3.59. The zero-order chi connectivity index (χ0) is 14.9. The van der Waals surface area contributed by atoms with Crippen LogP contribution in [-0.2, 0) is 0 Å². The van der Waals surface area contributed by atoms with Gasteiger partial charge in [0.1, 0.15) is 0 Å². The predicted molar refractivity (Wildman–Crippen MR) is 86.4 cm³/mol. The topological polar surface area (TPSA) is 43.1 Å². The smallest absolute Gasteiger partial charge is 0.156 e. The Kier molecular flexibility index (Phi) is 2.93. The van der Waals surface area contributed by atoms with Crippen LogP contribution >= 0.6 is 0 Å². The Hall–Kier alpha value is -3.01. The average molecular weight is 286 g/mol. The molecule has 0 aliphatic rings. The van der Waals surface area contributed by atoms with Gasteiger partial charge in [-0.25, -0.2) is 9.50 Å². The maximum absolute atomic E-state index is 4.74. The van der Waals surface area contributed by atoms with Crippen LogP contribution in [-0.4, -0.2) is 19.6 Å². The van der Waals surface area contributed by atoms with Gasteiger partial charge < -0.3 is 0 Å². The summed E-state index contributed by atoms with van der Waals surface area (Å²) in [5, 5.41) is 4.56. The number of benzene rings is 1. The van der Waals surface area contributed by atoms with Crippen molar-refractivity contribution in [1.82, 2.24) is 19.6 Å². The van der Waals surface area contributed by atoms with Crippen molar-refractivity contribution in [2.75, 3.05) is 0 Å². The van der Waals surface area contributed by atoms with Gasteiger partial charge in [-0.1, -0.05) is 30.3 Å². The van der Waals surface area contributed by atoms with Crippen molar-refractivity contribution in [3.8, 4) is 22.5 Å². The highest BCUT2D eigenvalue weighted by atomic mass is 15.3. The highest BCUT2D eigenvalue weighted by Gasteiger charge is 2.11. The van der Waals surface area contributed by atoms with E-state index in [0.717, 1.165) is 33.9 Å². The molecule has 0 bridgehead atoms. The molecule has 0 N–H and O–H groups in total. The lowest BCUT2D eigenvalue weighted by molar-refractivity contribution is 0.926. The van der Waals surface area contributed by atoms with E-state index in [1.807, 2.05) is 47.8 Å². The molecule has 22 heavy (non-hydrogen) atoms. The Labute approximate surface area is 128 Å². The SMILES string of the molecule is Cc1cc2nc(-c3ccccc3)cc(-c3ccncc3)n2n1. The molecule has 4 rings (SSSR count). The van der Waals surface area contributed by atoms with E-state index in [1.54, 1.807) is 12.4 Å². The first-order valence-corrected chi connectivity index (χ1v) is 7.14. The van der Waals surface area contributed by atoms with Gasteiger partial charge in [-0.2, -0.15) is 5.10 Å². The molecule has 4 aromatic rings. The van der Waals surface area contributed by atoms with Crippen LogP contribution in [0.4, 0.5) is 0 Å². The standard InChI is InChI=1S/C18H14N4/c1-13-11-18-20-16(14-5-3-2-4-6-14)12-17(22(18)21-13)15-7-9-19-10-8-15/h2-12H,1H3. The summed E-state index contributed by atoms with van der Waals surface area (Å²) < 4.78 is 1.89. The number of pyridine rings is 1. The van der Waals surface area contributed by atoms with Crippen molar-refractivity contribution in [3.63, 3.8) is 0 Å². The third-order valence-electron chi connectivity index (χ3n) is 3.59. The first kappa shape index (κ1) is 12.7. The summed E-state index contributed by atoms with van der Waals surface area (Å²) >= 11 is 0. The number of hydrogen-bond acceptors (Lipinski definition) is 3. The minimum absolute atomic E-state index is 0.852. The fourth-order valence-electron chi connectivity index (χ4n) is 2.57. The van der Waals surface area contributed by atoms with Crippen LogP contribution in [0.15, 0.2) is 67.0 Å². The van der Waals surface area contributed by atoms with E-state index in [4.69, 9.17) is 4.98 Å². The zero-order valence-corrected chi connectivity index (χ0v) is 12.1. The van der Waals surface area contributed by atoms with Crippen molar-refractivity contribution in [2.45, 2.75) is 6.92 Å². The van der Waals surface area contributed by atoms with Crippen LogP contribution in [0.3, 0.4) is 0 Å². The van der Waals surface area contributed by atoms with Gasteiger partial charge in [0.05, 0.1) is 17.1 Å². The molecule has 4 nitrogen and oxygen atoms in total. The molecule has 0 saturated heterocycles. The van der Waals surface area contributed by atoms with Gasteiger partial charge in [-0.3, -0.25) is 4.98 Å². The fourth-order valence-corrected chi connectivity index (χ4v) is 2.57. The van der Waals surface area contributed by atoms with E-state index in [9.17, 15) is 0 Å². The second-order valence-electron chi connectivity index (χ2n) is 5.18. The van der Waals surface area contributed by atoms with Crippen LogP contribution in [0.5, 0.6) is 0 Å². The average Bonchev–Trinajstić information content (AvgIpc) is 2.95. The van der Waals surface area contributed by atoms with Gasteiger partial charge in [0.2, 0.25) is 0 Å². The molecule has 0 spiro atoms. The summed E-state index contributed by atoms with van der Waals surface area (Å²) in [6.45, 7) is 1.98. The number of aryl methyl sites for hydroxylation is 1. The molecule has 0 atom stereocenters. The van der Waals surface area contributed by atoms with E-state index in [1.165, 1.54) is 0 Å². The van der Waals surface area contributed by atoms with Gasteiger partial charge in [0.15, 0.2) is 5.65 Å². The molecule has 0 saturated carbocycles. The molecule has 106 valence electrons. The lowest BCUT2D eigenvalue weighted by Crippen LogP contribution is -1.98. The molecule has 0 aliphatic heterocycles. The van der Waals surface area contributed by atoms with E-state index in [0.29, 0.717) is 0 Å². The molecule has 0 unspecified atom stereocenters. The molecular weight excluding hydrogens is 272 g/mol. The summed E-state index contributed by atoms with van der Waals surface area (Å²) in [6, 6.07) is 18.2. The number of fused-ring (bicyclic) bond motifs is 1. The van der Waals surface area contributed by atoms with Crippen LogP contribution in [0.2, 0.25) is 0 Å². The number of aromatic nitrogens is 4. The zero-order valence-electron chi connectivity index (χ0n) is 12.1. The van der Waals surface area contributed by atoms with E-state index in [-0.39, 0.29) is 0 Å². The summed E-state index contributed by atoms with van der Waals surface area (Å²) in [6.07, 6.45) is 3.58. The molecule has 0 radical (unpaired) electrons. The van der Waals surface area contributed by atoms with Gasteiger partial charge in [0.25, 0.3) is 0 Å². The first-order chi connectivity index (χ1) is 10.8. The monoisotopic (exact) mass is 286 g/mol. The van der Waals surface area contributed by atoms with Crippen molar-refractivity contribution in [3.05, 3.63) is 72.7 Å². The summed E-state index contributed by atoms with van der Waals surface area (Å²) in [7, 11) is 0. The van der Waals surface area contributed by atoms with E-state index >= 15 is 0 Å². The molecule has 1 aromatic carbocycles. The first-order valence-electron chi connectivity index (χ1n) is 7.14. The molecule has 4 heteroatoms. The second-order valence-corrected chi connectivity index (χ2v) is 5.18. The molecule has 3 aromatic heterocycles. The number of hydrogen-bond donors (Lipinski definition) is 0. The molecule has 0 fully saturated rings. The van der Waals surface area contributed by atoms with Gasteiger partial charge >= 0.3 is 0 Å². The third kappa shape index (κ3) is 2.15.